The number of hydrogen-bond donors (Lipinski definition) is 2. The quantitative estimate of drug-likeness (QED) is 0.870. The Bertz CT molecular complexity index is 630. The highest BCUT2D eigenvalue weighted by molar-refractivity contribution is 7.90. The lowest BCUT2D eigenvalue weighted by atomic mass is 10.1. The van der Waals surface area contributed by atoms with Crippen LogP contribution in [0.2, 0.25) is 0 Å². The molecule has 1 aromatic carbocycles. The molecule has 2 rings (SSSR count). The number of hydrogen-bond acceptors (Lipinski definition) is 4. The lowest BCUT2D eigenvalue weighted by Crippen LogP contribution is -2.05. The molecule has 3 N–H and O–H groups in total. The molecule has 1 heterocycles. The van der Waals surface area contributed by atoms with Crippen molar-refractivity contribution in [3.63, 3.8) is 0 Å². The van der Waals surface area contributed by atoms with Gasteiger partial charge < -0.3 is 5.73 Å². The predicted octanol–water partition coefficient (Wildman–Crippen LogP) is 1.25. The Morgan fingerprint density at radius 1 is 1.28 bits per heavy atom. The molecule has 0 fully saturated rings. The van der Waals surface area contributed by atoms with E-state index < -0.39 is 9.84 Å². The Hall–Kier alpha value is -1.82. The first-order valence-electron chi connectivity index (χ1n) is 5.52. The first kappa shape index (κ1) is 12.6. The topological polar surface area (TPSA) is 88.8 Å². The molecule has 0 atom stereocenters. The number of nitrogens with two attached hydrogens (primary N) is 1. The summed E-state index contributed by atoms with van der Waals surface area (Å²) in [5, 5.41) is 6.68. The van der Waals surface area contributed by atoms with Crippen LogP contribution in [0.4, 0.5) is 5.82 Å². The molecule has 18 heavy (non-hydrogen) atoms. The van der Waals surface area contributed by atoms with Crippen molar-refractivity contribution >= 4 is 15.7 Å². The number of nitrogens with zero attached hydrogens (tertiary/aromatic N) is 1. The van der Waals surface area contributed by atoms with Gasteiger partial charge in [-0.15, -0.1) is 0 Å². The first-order valence-corrected chi connectivity index (χ1v) is 7.58. The van der Waals surface area contributed by atoms with Crippen LogP contribution >= 0.6 is 0 Å². The number of benzene rings is 1. The number of aryl methyl sites for hydroxylation is 1. The van der Waals surface area contributed by atoms with Crippen molar-refractivity contribution in [3.8, 4) is 11.3 Å². The van der Waals surface area contributed by atoms with Crippen LogP contribution in [0.15, 0.2) is 30.3 Å². The van der Waals surface area contributed by atoms with Gasteiger partial charge in [0.25, 0.3) is 0 Å². The van der Waals surface area contributed by atoms with Gasteiger partial charge in [0.05, 0.1) is 11.4 Å². The third-order valence-electron chi connectivity index (χ3n) is 2.62. The molecule has 96 valence electrons. The van der Waals surface area contributed by atoms with Gasteiger partial charge in [-0.25, -0.2) is 8.42 Å². The van der Waals surface area contributed by atoms with Crippen LogP contribution in [-0.4, -0.2) is 30.6 Å². The second-order valence-electron chi connectivity index (χ2n) is 4.28. The van der Waals surface area contributed by atoms with Gasteiger partial charge in [0.1, 0.15) is 15.7 Å². The number of aromatic amines is 1. The van der Waals surface area contributed by atoms with E-state index >= 15 is 0 Å². The summed E-state index contributed by atoms with van der Waals surface area (Å²) in [6.07, 6.45) is 1.78. The summed E-state index contributed by atoms with van der Waals surface area (Å²) in [4.78, 5) is 0. The highest BCUT2D eigenvalue weighted by Crippen LogP contribution is 2.19. The van der Waals surface area contributed by atoms with Crippen LogP contribution in [0, 0.1) is 0 Å². The minimum atomic E-state index is -2.91. The molecule has 5 nitrogen and oxygen atoms in total. The molecule has 2 aromatic rings. The molecular weight excluding hydrogens is 250 g/mol. The van der Waals surface area contributed by atoms with Gasteiger partial charge in [-0.3, -0.25) is 5.10 Å². The van der Waals surface area contributed by atoms with E-state index in [1.165, 1.54) is 6.26 Å². The van der Waals surface area contributed by atoms with E-state index in [1.54, 1.807) is 6.07 Å². The van der Waals surface area contributed by atoms with Crippen LogP contribution in [0.1, 0.15) is 5.56 Å². The molecule has 0 aliphatic rings. The fourth-order valence-electron chi connectivity index (χ4n) is 1.64. The number of sulfone groups is 1. The molecule has 0 spiro atoms. The summed E-state index contributed by atoms with van der Waals surface area (Å²) < 4.78 is 22.1. The van der Waals surface area contributed by atoms with E-state index in [9.17, 15) is 8.42 Å². The van der Waals surface area contributed by atoms with Crippen LogP contribution < -0.4 is 5.73 Å². The second kappa shape index (κ2) is 4.81. The highest BCUT2D eigenvalue weighted by atomic mass is 32.2. The van der Waals surface area contributed by atoms with Gasteiger partial charge in [0.2, 0.25) is 0 Å². The molecule has 0 amide bonds. The van der Waals surface area contributed by atoms with Gasteiger partial charge in [-0.05, 0) is 17.5 Å². The molecule has 0 radical (unpaired) electrons. The molecule has 0 unspecified atom stereocenters. The number of rotatable bonds is 4. The zero-order valence-corrected chi connectivity index (χ0v) is 10.9. The van der Waals surface area contributed by atoms with Gasteiger partial charge in [-0.1, -0.05) is 24.3 Å². The maximum atomic E-state index is 11.1. The summed E-state index contributed by atoms with van der Waals surface area (Å²) in [7, 11) is -2.91. The highest BCUT2D eigenvalue weighted by Gasteiger charge is 2.04. The van der Waals surface area contributed by atoms with E-state index in [-0.39, 0.29) is 5.75 Å². The van der Waals surface area contributed by atoms with Crippen molar-refractivity contribution in [3.05, 3.63) is 35.9 Å². The van der Waals surface area contributed by atoms with Crippen molar-refractivity contribution in [2.24, 2.45) is 0 Å². The van der Waals surface area contributed by atoms with Crippen LogP contribution in [0.25, 0.3) is 11.3 Å². The van der Waals surface area contributed by atoms with Gasteiger partial charge >= 0.3 is 0 Å². The average molecular weight is 265 g/mol. The average Bonchev–Trinajstić information content (AvgIpc) is 2.73. The molecule has 1 aromatic heterocycles. The number of nitrogen functional groups attached to an aromatic ring is 1. The summed E-state index contributed by atoms with van der Waals surface area (Å²) in [5.74, 6) is 0.620. The van der Waals surface area contributed by atoms with Gasteiger partial charge in [0, 0.05) is 12.3 Å². The summed E-state index contributed by atoms with van der Waals surface area (Å²) in [6.45, 7) is 0. The molecule has 0 aliphatic carbocycles. The Labute approximate surface area is 106 Å². The Balaban J connectivity index is 2.10. The zero-order valence-electron chi connectivity index (χ0n) is 10.1. The number of aromatic nitrogens is 2. The Morgan fingerprint density at radius 3 is 2.44 bits per heavy atom. The Morgan fingerprint density at radius 2 is 1.94 bits per heavy atom. The second-order valence-corrected chi connectivity index (χ2v) is 6.54. The van der Waals surface area contributed by atoms with E-state index in [0.29, 0.717) is 12.2 Å². The van der Waals surface area contributed by atoms with Crippen LogP contribution in [0.5, 0.6) is 0 Å². The summed E-state index contributed by atoms with van der Waals surface area (Å²) in [5.41, 5.74) is 8.35. The van der Waals surface area contributed by atoms with Crippen LogP contribution in [0.3, 0.4) is 0 Å². The lowest BCUT2D eigenvalue weighted by molar-refractivity contribution is 0.601. The molecule has 0 aliphatic heterocycles. The SMILES string of the molecule is CS(=O)(=O)CCc1ccc(-c2cc(N)n[nH]2)cc1. The van der Waals surface area contributed by atoms with Crippen molar-refractivity contribution in [1.29, 1.82) is 0 Å². The minimum Gasteiger partial charge on any atom is -0.382 e. The van der Waals surface area contributed by atoms with Gasteiger partial charge in [0.15, 0.2) is 0 Å². The lowest BCUT2D eigenvalue weighted by Gasteiger charge is -2.02. The van der Waals surface area contributed by atoms with Crippen LogP contribution in [-0.2, 0) is 16.3 Å². The maximum Gasteiger partial charge on any atom is 0.147 e. The Kier molecular flexibility index (Phi) is 3.38. The van der Waals surface area contributed by atoms with Crippen molar-refractivity contribution in [1.82, 2.24) is 10.2 Å². The number of anilines is 1. The molecule has 0 saturated heterocycles. The third-order valence-corrected chi connectivity index (χ3v) is 3.57. The van der Waals surface area contributed by atoms with E-state index in [1.807, 2.05) is 24.3 Å². The minimum absolute atomic E-state index is 0.170. The number of nitrogens with one attached hydrogen (secondary N) is 1. The standard InChI is InChI=1S/C12H15N3O2S/c1-18(16,17)7-6-9-2-4-10(5-3-9)11-8-12(13)15-14-11/h2-5,8H,6-7H2,1H3,(H3,13,14,15). The van der Waals surface area contributed by atoms with Crippen molar-refractivity contribution < 1.29 is 8.42 Å². The summed E-state index contributed by atoms with van der Waals surface area (Å²) >= 11 is 0. The normalized spacial score (nSPS) is 11.6. The predicted molar refractivity (Wildman–Crippen MR) is 71.9 cm³/mol. The summed E-state index contributed by atoms with van der Waals surface area (Å²) in [6, 6.07) is 9.43. The molecular formula is C12H15N3O2S. The van der Waals surface area contributed by atoms with E-state index in [2.05, 4.69) is 10.2 Å². The fourth-order valence-corrected chi connectivity index (χ4v) is 2.25. The molecule has 0 bridgehead atoms. The van der Waals surface area contributed by atoms with E-state index in [4.69, 9.17) is 5.73 Å². The monoisotopic (exact) mass is 265 g/mol. The first-order chi connectivity index (χ1) is 8.44. The van der Waals surface area contributed by atoms with Gasteiger partial charge in [-0.2, -0.15) is 5.10 Å². The number of H-pyrrole nitrogens is 1. The maximum absolute atomic E-state index is 11.1. The fraction of sp³-hybridized carbons (Fsp3) is 0.250. The largest absolute Gasteiger partial charge is 0.382 e. The van der Waals surface area contributed by atoms with Crippen molar-refractivity contribution in [2.45, 2.75) is 6.42 Å². The molecule has 6 heteroatoms. The molecule has 0 saturated carbocycles. The zero-order chi connectivity index (χ0) is 13.2. The third kappa shape index (κ3) is 3.33. The van der Waals surface area contributed by atoms with E-state index in [0.717, 1.165) is 16.8 Å². The smallest absolute Gasteiger partial charge is 0.147 e. The van der Waals surface area contributed by atoms with Crippen molar-refractivity contribution in [2.75, 3.05) is 17.7 Å².